The van der Waals surface area contributed by atoms with Crippen LogP contribution in [0.4, 0.5) is 0 Å². The second kappa shape index (κ2) is 10.8. The molecule has 0 radical (unpaired) electrons. The van der Waals surface area contributed by atoms with E-state index in [1.807, 2.05) is 54.6 Å². The summed E-state index contributed by atoms with van der Waals surface area (Å²) in [6, 6.07) is 23.7. The molecule has 8 heteroatoms. The van der Waals surface area contributed by atoms with Gasteiger partial charge < -0.3 is 0 Å². The van der Waals surface area contributed by atoms with E-state index in [0.717, 1.165) is 38.8 Å². The van der Waals surface area contributed by atoms with Crippen LogP contribution in [-0.4, -0.2) is 14.8 Å². The van der Waals surface area contributed by atoms with Crippen LogP contribution in [-0.2, 0) is 17.3 Å². The molecule has 0 N–H and O–H groups in total. The predicted octanol–water partition coefficient (Wildman–Crippen LogP) is 7.95. The van der Waals surface area contributed by atoms with Crippen LogP contribution in [0.1, 0.15) is 17.0 Å². The summed E-state index contributed by atoms with van der Waals surface area (Å²) in [5.41, 5.74) is 3.28. The maximum atomic E-state index is 6.34. The van der Waals surface area contributed by atoms with E-state index in [2.05, 4.69) is 26.9 Å². The summed E-state index contributed by atoms with van der Waals surface area (Å²) in [5, 5.41) is 11.8. The number of aromatic nitrogens is 3. The van der Waals surface area contributed by atoms with Gasteiger partial charge in [0.05, 0.1) is 5.75 Å². The summed E-state index contributed by atoms with van der Waals surface area (Å²) in [6.07, 6.45) is 0. The minimum Gasteiger partial charge on any atom is -0.273 e. The Labute approximate surface area is 205 Å². The van der Waals surface area contributed by atoms with E-state index >= 15 is 0 Å². The highest BCUT2D eigenvalue weighted by Gasteiger charge is 2.15. The second-order valence-electron chi connectivity index (χ2n) is 6.71. The molecule has 0 aliphatic rings. The van der Waals surface area contributed by atoms with Crippen molar-refractivity contribution < 1.29 is 0 Å². The molecule has 3 aromatic carbocycles. The number of halogens is 3. The van der Waals surface area contributed by atoms with Gasteiger partial charge >= 0.3 is 0 Å². The fourth-order valence-electron chi connectivity index (χ4n) is 2.95. The van der Waals surface area contributed by atoms with Crippen LogP contribution in [0.2, 0.25) is 15.1 Å². The Morgan fingerprint density at radius 1 is 0.742 bits per heavy atom. The van der Waals surface area contributed by atoms with Gasteiger partial charge in [0.2, 0.25) is 0 Å². The standard InChI is InChI=1S/C23H18Cl3N3S2/c24-18-9-6-16(7-10-18)13-30-15-22-27-28-23(29(22)20-4-2-1-3-5-20)31-14-17-8-11-19(25)12-21(17)26/h1-12H,13-15H2. The molecule has 0 saturated carbocycles. The Bertz CT molecular complexity index is 1150. The van der Waals surface area contributed by atoms with Crippen LogP contribution in [0.25, 0.3) is 5.69 Å². The number of hydrogen-bond acceptors (Lipinski definition) is 4. The molecular weight excluding hydrogens is 489 g/mol. The molecule has 1 aromatic heterocycles. The van der Waals surface area contributed by atoms with Crippen molar-refractivity contribution >= 4 is 58.3 Å². The van der Waals surface area contributed by atoms with Crippen molar-refractivity contribution in [3.8, 4) is 5.69 Å². The van der Waals surface area contributed by atoms with E-state index in [-0.39, 0.29) is 0 Å². The topological polar surface area (TPSA) is 30.7 Å². The van der Waals surface area contributed by atoms with Gasteiger partial charge in [-0.15, -0.1) is 22.0 Å². The SMILES string of the molecule is Clc1ccc(CSCc2nnc(SCc3ccc(Cl)cc3Cl)n2-c2ccccc2)cc1. The molecule has 4 aromatic rings. The van der Waals surface area contributed by atoms with Crippen molar-refractivity contribution in [1.82, 2.24) is 14.8 Å². The molecule has 0 saturated heterocycles. The van der Waals surface area contributed by atoms with Crippen molar-refractivity contribution in [2.75, 3.05) is 0 Å². The Morgan fingerprint density at radius 2 is 1.48 bits per heavy atom. The molecule has 0 fully saturated rings. The molecule has 3 nitrogen and oxygen atoms in total. The van der Waals surface area contributed by atoms with Gasteiger partial charge in [-0.3, -0.25) is 4.57 Å². The highest BCUT2D eigenvalue weighted by atomic mass is 35.5. The van der Waals surface area contributed by atoms with Crippen LogP contribution in [0, 0.1) is 0 Å². The molecule has 0 bridgehead atoms. The van der Waals surface area contributed by atoms with Gasteiger partial charge in [0, 0.05) is 32.3 Å². The third kappa shape index (κ3) is 5.99. The lowest BCUT2D eigenvalue weighted by atomic mass is 10.2. The first kappa shape index (κ1) is 22.6. The first-order valence-corrected chi connectivity index (χ1v) is 12.8. The smallest absolute Gasteiger partial charge is 0.196 e. The van der Waals surface area contributed by atoms with Crippen LogP contribution in [0.3, 0.4) is 0 Å². The number of nitrogens with zero attached hydrogens (tertiary/aromatic N) is 3. The zero-order chi connectivity index (χ0) is 21.6. The van der Waals surface area contributed by atoms with E-state index in [1.54, 1.807) is 29.6 Å². The quantitative estimate of drug-likeness (QED) is 0.227. The number of hydrogen-bond donors (Lipinski definition) is 0. The number of benzene rings is 3. The fourth-order valence-corrected chi connectivity index (χ4v) is 5.50. The zero-order valence-corrected chi connectivity index (χ0v) is 20.2. The van der Waals surface area contributed by atoms with E-state index < -0.39 is 0 Å². The normalized spacial score (nSPS) is 11.1. The van der Waals surface area contributed by atoms with Crippen LogP contribution < -0.4 is 0 Å². The summed E-state index contributed by atoms with van der Waals surface area (Å²) in [4.78, 5) is 0. The van der Waals surface area contributed by atoms with Gasteiger partial charge in [-0.25, -0.2) is 0 Å². The number of rotatable bonds is 8. The van der Waals surface area contributed by atoms with Crippen molar-refractivity contribution in [2.45, 2.75) is 22.4 Å². The van der Waals surface area contributed by atoms with Crippen molar-refractivity contribution in [2.24, 2.45) is 0 Å². The third-order valence-corrected chi connectivity index (χ3v) is 7.32. The molecule has 0 unspecified atom stereocenters. The highest BCUT2D eigenvalue weighted by Crippen LogP contribution is 2.30. The number of para-hydroxylation sites is 1. The molecule has 1 heterocycles. The summed E-state index contributed by atoms with van der Waals surface area (Å²) in [5.74, 6) is 3.21. The Kier molecular flexibility index (Phi) is 7.86. The minimum atomic E-state index is 0.631. The van der Waals surface area contributed by atoms with E-state index in [1.165, 1.54) is 5.56 Å². The molecule has 0 spiro atoms. The molecule has 4 rings (SSSR count). The highest BCUT2D eigenvalue weighted by molar-refractivity contribution is 7.98. The second-order valence-corrected chi connectivity index (χ2v) is 9.92. The predicted molar refractivity (Wildman–Crippen MR) is 134 cm³/mol. The van der Waals surface area contributed by atoms with Gasteiger partial charge in [0.1, 0.15) is 5.82 Å². The van der Waals surface area contributed by atoms with Crippen molar-refractivity contribution in [3.05, 3.63) is 105 Å². The maximum absolute atomic E-state index is 6.34. The average molecular weight is 507 g/mol. The summed E-state index contributed by atoms with van der Waals surface area (Å²) in [7, 11) is 0. The fraction of sp³-hybridized carbons (Fsp3) is 0.130. The Hall–Kier alpha value is -1.63. The van der Waals surface area contributed by atoms with E-state index in [9.17, 15) is 0 Å². The monoisotopic (exact) mass is 505 g/mol. The van der Waals surface area contributed by atoms with Gasteiger partial charge in [-0.1, -0.05) is 83.0 Å². The minimum absolute atomic E-state index is 0.631. The van der Waals surface area contributed by atoms with Crippen molar-refractivity contribution in [1.29, 1.82) is 0 Å². The zero-order valence-electron chi connectivity index (χ0n) is 16.3. The van der Waals surface area contributed by atoms with Crippen molar-refractivity contribution in [3.63, 3.8) is 0 Å². The van der Waals surface area contributed by atoms with Gasteiger partial charge in [-0.2, -0.15) is 0 Å². The third-order valence-electron chi connectivity index (χ3n) is 4.50. The molecule has 0 aliphatic heterocycles. The first-order chi connectivity index (χ1) is 15.1. The summed E-state index contributed by atoms with van der Waals surface area (Å²) in [6.45, 7) is 0. The molecular formula is C23H18Cl3N3S2. The van der Waals surface area contributed by atoms with Gasteiger partial charge in [-0.05, 0) is 47.5 Å². The first-order valence-electron chi connectivity index (χ1n) is 9.49. The summed E-state index contributed by atoms with van der Waals surface area (Å²) < 4.78 is 2.11. The Balaban J connectivity index is 1.51. The largest absolute Gasteiger partial charge is 0.273 e. The maximum Gasteiger partial charge on any atom is 0.196 e. The van der Waals surface area contributed by atoms with E-state index in [0.29, 0.717) is 15.8 Å². The Morgan fingerprint density at radius 3 is 2.23 bits per heavy atom. The molecule has 0 aliphatic carbocycles. The van der Waals surface area contributed by atoms with Gasteiger partial charge in [0.25, 0.3) is 0 Å². The molecule has 31 heavy (non-hydrogen) atoms. The van der Waals surface area contributed by atoms with Crippen LogP contribution in [0.15, 0.2) is 78.0 Å². The molecule has 158 valence electrons. The van der Waals surface area contributed by atoms with Crippen LogP contribution >= 0.6 is 58.3 Å². The van der Waals surface area contributed by atoms with Crippen LogP contribution in [0.5, 0.6) is 0 Å². The number of thioether (sulfide) groups is 2. The molecule has 0 atom stereocenters. The van der Waals surface area contributed by atoms with E-state index in [4.69, 9.17) is 34.8 Å². The molecule has 0 amide bonds. The lowest BCUT2D eigenvalue weighted by Gasteiger charge is -2.11. The lowest BCUT2D eigenvalue weighted by molar-refractivity contribution is 0.864. The lowest BCUT2D eigenvalue weighted by Crippen LogP contribution is -2.02. The summed E-state index contributed by atoms with van der Waals surface area (Å²) >= 11 is 21.7. The van der Waals surface area contributed by atoms with Gasteiger partial charge in [0.15, 0.2) is 5.16 Å². The average Bonchev–Trinajstić information content (AvgIpc) is 3.18.